The number of ether oxygens (including phenoxy) is 3. The van der Waals surface area contributed by atoms with Gasteiger partial charge in [-0.25, -0.2) is 4.98 Å². The van der Waals surface area contributed by atoms with Gasteiger partial charge in [0, 0.05) is 26.2 Å². The molecular formula is C17H30N2O4. The van der Waals surface area contributed by atoms with Gasteiger partial charge in [-0.15, -0.1) is 0 Å². The molecule has 0 aliphatic rings. The number of hydrogen-bond donors (Lipinski definition) is 1. The van der Waals surface area contributed by atoms with Gasteiger partial charge in [-0.05, 0) is 26.0 Å². The first-order valence-electron chi connectivity index (χ1n) is 8.13. The highest BCUT2D eigenvalue weighted by atomic mass is 16.5. The highest BCUT2D eigenvalue weighted by molar-refractivity contribution is 5.96. The summed E-state index contributed by atoms with van der Waals surface area (Å²) in [5, 5.41) is 3.14. The molecule has 0 aliphatic heterocycles. The maximum atomic E-state index is 11.6. The molecule has 1 aromatic heterocycles. The van der Waals surface area contributed by atoms with Crippen molar-refractivity contribution in [1.82, 2.24) is 4.98 Å². The Morgan fingerprint density at radius 2 is 1.91 bits per heavy atom. The molecule has 0 aliphatic carbocycles. The van der Waals surface area contributed by atoms with Crippen molar-refractivity contribution in [3.63, 3.8) is 0 Å². The average molecular weight is 326 g/mol. The van der Waals surface area contributed by atoms with Gasteiger partial charge in [0.15, 0.2) is 5.78 Å². The van der Waals surface area contributed by atoms with E-state index >= 15 is 0 Å². The number of carbonyl (C=O) groups excluding carboxylic acids is 1. The van der Waals surface area contributed by atoms with Crippen molar-refractivity contribution < 1.29 is 20.4 Å². The molecule has 0 atom stereocenters. The fourth-order valence-corrected chi connectivity index (χ4v) is 1.82. The molecule has 0 saturated carbocycles. The van der Waals surface area contributed by atoms with E-state index in [0.717, 1.165) is 0 Å². The predicted octanol–water partition coefficient (Wildman–Crippen LogP) is 2.79. The van der Waals surface area contributed by atoms with Crippen LogP contribution in [0.15, 0.2) is 18.3 Å². The second kappa shape index (κ2) is 12.0. The molecule has 23 heavy (non-hydrogen) atoms. The van der Waals surface area contributed by atoms with Crippen molar-refractivity contribution in [3.8, 4) is 0 Å². The van der Waals surface area contributed by atoms with E-state index in [-0.39, 0.29) is 13.3 Å². The number of aromatic nitrogens is 1. The summed E-state index contributed by atoms with van der Waals surface area (Å²) in [5.74, 6) is 0.806. The molecule has 6 nitrogen and oxygen atoms in total. The van der Waals surface area contributed by atoms with Crippen molar-refractivity contribution in [2.24, 2.45) is 0 Å². The zero-order chi connectivity index (χ0) is 16.9. The van der Waals surface area contributed by atoms with Crippen LogP contribution in [0.1, 0.15) is 39.0 Å². The van der Waals surface area contributed by atoms with Gasteiger partial charge >= 0.3 is 0 Å². The van der Waals surface area contributed by atoms with Gasteiger partial charge in [0.25, 0.3) is 0 Å². The number of ketones is 1. The Labute approximate surface area is 140 Å². The summed E-state index contributed by atoms with van der Waals surface area (Å²) in [5.41, 5.74) is 0.683. The fourth-order valence-electron chi connectivity index (χ4n) is 1.82. The molecule has 0 fully saturated rings. The summed E-state index contributed by atoms with van der Waals surface area (Å²) in [6.07, 6.45) is 2.37. The fraction of sp³-hybridized carbons (Fsp3) is 0.647. The van der Waals surface area contributed by atoms with E-state index in [1.54, 1.807) is 18.3 Å². The van der Waals surface area contributed by atoms with Crippen molar-refractivity contribution in [2.75, 3.05) is 44.9 Å². The predicted molar refractivity (Wildman–Crippen MR) is 92.2 cm³/mol. The van der Waals surface area contributed by atoms with Crippen LogP contribution in [0.3, 0.4) is 0 Å². The molecule has 0 aromatic carbocycles. The lowest BCUT2D eigenvalue weighted by Crippen LogP contribution is -2.15. The Bertz CT molecular complexity index is 458. The normalized spacial score (nSPS) is 11.0. The van der Waals surface area contributed by atoms with Crippen molar-refractivity contribution in [2.45, 2.75) is 33.3 Å². The number of nitrogens with one attached hydrogen (secondary N) is 1. The quantitative estimate of drug-likeness (QED) is 0.444. The third kappa shape index (κ3) is 9.28. The Kier molecular flexibility index (Phi) is 10.2. The van der Waals surface area contributed by atoms with Crippen LogP contribution in [0, 0.1) is 0 Å². The molecule has 1 heterocycles. The highest BCUT2D eigenvalue weighted by Gasteiger charge is 2.04. The molecule has 1 aromatic rings. The van der Waals surface area contributed by atoms with Crippen LogP contribution in [-0.4, -0.2) is 56.5 Å². The number of nitrogens with zero attached hydrogens (tertiary/aromatic N) is 1. The lowest BCUT2D eigenvalue weighted by Gasteiger charge is -2.09. The van der Waals surface area contributed by atoms with E-state index < -0.39 is 0 Å². The van der Waals surface area contributed by atoms with Gasteiger partial charge in [0.1, 0.15) is 5.82 Å². The summed E-state index contributed by atoms with van der Waals surface area (Å²) in [6, 6.07) is 3.50. The second-order valence-electron chi connectivity index (χ2n) is 5.28. The monoisotopic (exact) mass is 326 g/mol. The molecule has 1 N–H and O–H groups in total. The number of Topliss-reactive ketones (excluding diaryl/α,β-unsaturated/α-hetero) is 1. The third-order valence-corrected chi connectivity index (χ3v) is 3.01. The molecule has 0 bridgehead atoms. The minimum Gasteiger partial charge on any atom is -0.377 e. The molecule has 1 rings (SSSR count). The number of carbonyl (C=O) groups is 1. The zero-order valence-corrected chi connectivity index (χ0v) is 14.3. The maximum absolute atomic E-state index is 11.6. The van der Waals surface area contributed by atoms with E-state index in [4.69, 9.17) is 14.2 Å². The second-order valence-corrected chi connectivity index (χ2v) is 5.28. The first kappa shape index (κ1) is 19.5. The Balaban J connectivity index is 0.00000529. The van der Waals surface area contributed by atoms with Crippen LogP contribution >= 0.6 is 0 Å². The Hall–Kier alpha value is -1.50. The van der Waals surface area contributed by atoms with Gasteiger partial charge in [-0.1, -0.05) is 6.92 Å². The van der Waals surface area contributed by atoms with Crippen molar-refractivity contribution >= 4 is 11.6 Å². The zero-order valence-electron chi connectivity index (χ0n) is 14.3. The summed E-state index contributed by atoms with van der Waals surface area (Å²) >= 11 is 0. The van der Waals surface area contributed by atoms with E-state index in [1.807, 2.05) is 20.8 Å². The highest BCUT2D eigenvalue weighted by Crippen LogP contribution is 2.08. The molecule has 0 saturated heterocycles. The summed E-state index contributed by atoms with van der Waals surface area (Å²) in [4.78, 5) is 15.8. The number of rotatable bonds is 13. The van der Waals surface area contributed by atoms with Gasteiger partial charge in [0.2, 0.25) is 0 Å². The average Bonchev–Trinajstić information content (AvgIpc) is 2.55. The minimum atomic E-state index is 0. The topological polar surface area (TPSA) is 69.7 Å². The van der Waals surface area contributed by atoms with Gasteiger partial charge < -0.3 is 19.5 Å². The van der Waals surface area contributed by atoms with Crippen molar-refractivity contribution in [1.29, 1.82) is 0 Å². The van der Waals surface area contributed by atoms with E-state index in [1.165, 1.54) is 0 Å². The molecule has 0 unspecified atom stereocenters. The largest absolute Gasteiger partial charge is 0.377 e. The van der Waals surface area contributed by atoms with Gasteiger partial charge in [-0.2, -0.15) is 0 Å². The van der Waals surface area contributed by atoms with E-state index in [9.17, 15) is 4.79 Å². The van der Waals surface area contributed by atoms with Gasteiger partial charge in [-0.3, -0.25) is 4.79 Å². The number of anilines is 1. The molecule has 132 valence electrons. The lowest BCUT2D eigenvalue weighted by molar-refractivity contribution is -0.000248. The molecule has 0 spiro atoms. The lowest BCUT2D eigenvalue weighted by atomic mass is 10.1. The first-order chi connectivity index (χ1) is 11.1. The van der Waals surface area contributed by atoms with Crippen LogP contribution in [-0.2, 0) is 14.2 Å². The number of pyridine rings is 1. The van der Waals surface area contributed by atoms with Crippen LogP contribution in [0.25, 0.3) is 0 Å². The third-order valence-electron chi connectivity index (χ3n) is 3.01. The SMILES string of the molecule is CCC(=O)c1ccnc(NCCOCCOCCOC(C)C)c1.[HH]. The van der Waals surface area contributed by atoms with Crippen molar-refractivity contribution in [3.05, 3.63) is 23.9 Å². The van der Waals surface area contributed by atoms with Gasteiger partial charge in [0.05, 0.1) is 39.1 Å². The standard InChI is InChI=1S/C17H28N2O4.H2/c1-4-16(20)15-5-6-18-17(13-15)19-7-8-21-9-10-22-11-12-23-14(2)3;/h5-6,13-14H,4,7-12H2,1-3H3,(H,18,19);1H. The molecule has 6 heteroatoms. The molecular weight excluding hydrogens is 296 g/mol. The summed E-state index contributed by atoms with van der Waals surface area (Å²) < 4.78 is 16.2. The molecule has 0 amide bonds. The van der Waals surface area contributed by atoms with Crippen LogP contribution < -0.4 is 5.32 Å². The summed E-state index contributed by atoms with van der Waals surface area (Å²) in [7, 11) is 0. The molecule has 0 radical (unpaired) electrons. The summed E-state index contributed by atoms with van der Waals surface area (Å²) in [6.45, 7) is 9.33. The van der Waals surface area contributed by atoms with E-state index in [0.29, 0.717) is 57.4 Å². The Morgan fingerprint density at radius 1 is 1.22 bits per heavy atom. The van der Waals surface area contributed by atoms with Crippen LogP contribution in [0.2, 0.25) is 0 Å². The maximum Gasteiger partial charge on any atom is 0.162 e. The minimum absolute atomic E-state index is 0. The van der Waals surface area contributed by atoms with E-state index in [2.05, 4.69) is 10.3 Å². The number of hydrogen-bond acceptors (Lipinski definition) is 6. The van der Waals surface area contributed by atoms with Crippen LogP contribution in [0.5, 0.6) is 0 Å². The Morgan fingerprint density at radius 3 is 2.61 bits per heavy atom. The first-order valence-corrected chi connectivity index (χ1v) is 8.13. The van der Waals surface area contributed by atoms with Crippen LogP contribution in [0.4, 0.5) is 5.82 Å². The smallest absolute Gasteiger partial charge is 0.162 e.